The Bertz CT molecular complexity index is 374. The van der Waals surface area contributed by atoms with Gasteiger partial charge in [0.1, 0.15) is 0 Å². The van der Waals surface area contributed by atoms with Crippen molar-refractivity contribution in [2.75, 3.05) is 6.54 Å². The van der Waals surface area contributed by atoms with Crippen LogP contribution in [-0.2, 0) is 0 Å². The number of aromatic amines is 1. The molecular weight excluding hydrogens is 198 g/mol. The first kappa shape index (κ1) is 10.3. The molecule has 0 spiro atoms. The van der Waals surface area contributed by atoms with Crippen molar-refractivity contribution in [3.8, 4) is 0 Å². The average Bonchev–Trinajstić information content (AvgIpc) is 3.14. The van der Waals surface area contributed by atoms with E-state index in [-0.39, 0.29) is 0 Å². The molecule has 0 radical (unpaired) electrons. The average molecular weight is 219 g/mol. The lowest BCUT2D eigenvalue weighted by Gasteiger charge is -2.19. The lowest BCUT2D eigenvalue weighted by Crippen LogP contribution is -2.28. The summed E-state index contributed by atoms with van der Waals surface area (Å²) in [5.74, 6) is 1.04. The Balaban J connectivity index is 1.57. The number of aryl methyl sites for hydroxylation is 1. The third-order valence-electron chi connectivity index (χ3n) is 4.43. The lowest BCUT2D eigenvalue weighted by atomic mass is 9.99. The lowest BCUT2D eigenvalue weighted by molar-refractivity contribution is 0.381. The summed E-state index contributed by atoms with van der Waals surface area (Å²) in [4.78, 5) is 0. The Morgan fingerprint density at radius 2 is 2.31 bits per heavy atom. The van der Waals surface area contributed by atoms with Crippen LogP contribution in [0.25, 0.3) is 0 Å². The summed E-state index contributed by atoms with van der Waals surface area (Å²) in [5.41, 5.74) is 3.19. The summed E-state index contributed by atoms with van der Waals surface area (Å²) < 4.78 is 0. The summed E-state index contributed by atoms with van der Waals surface area (Å²) in [6.45, 7) is 5.53. The van der Waals surface area contributed by atoms with Crippen LogP contribution in [0.1, 0.15) is 49.9 Å². The normalized spacial score (nSPS) is 24.4. The molecule has 1 aromatic heterocycles. The van der Waals surface area contributed by atoms with Gasteiger partial charge in [0.2, 0.25) is 0 Å². The maximum Gasteiger partial charge on any atom is 0.0537 e. The van der Waals surface area contributed by atoms with Gasteiger partial charge in [-0.05, 0) is 50.9 Å². The maximum absolute atomic E-state index is 4.09. The molecule has 1 aromatic rings. The minimum absolute atomic E-state index is 0.426. The number of rotatable bonds is 5. The van der Waals surface area contributed by atoms with Crippen LogP contribution in [-0.4, -0.2) is 16.7 Å². The van der Waals surface area contributed by atoms with E-state index in [0.29, 0.717) is 11.5 Å². The highest BCUT2D eigenvalue weighted by Crippen LogP contribution is 2.60. The van der Waals surface area contributed by atoms with Gasteiger partial charge in [-0.25, -0.2) is 0 Å². The van der Waals surface area contributed by atoms with Crippen LogP contribution in [0.2, 0.25) is 0 Å². The van der Waals surface area contributed by atoms with Crippen LogP contribution in [0.4, 0.5) is 0 Å². The van der Waals surface area contributed by atoms with Gasteiger partial charge >= 0.3 is 0 Å². The van der Waals surface area contributed by atoms with Gasteiger partial charge in [-0.1, -0.05) is 0 Å². The van der Waals surface area contributed by atoms with Gasteiger partial charge in [-0.2, -0.15) is 5.10 Å². The van der Waals surface area contributed by atoms with Crippen molar-refractivity contribution in [3.63, 3.8) is 0 Å². The molecule has 0 saturated heterocycles. The molecule has 0 bridgehead atoms. The first-order valence-electron chi connectivity index (χ1n) is 6.44. The Labute approximate surface area is 97.0 Å². The third-order valence-corrected chi connectivity index (χ3v) is 4.43. The van der Waals surface area contributed by atoms with Crippen molar-refractivity contribution in [3.05, 3.63) is 17.5 Å². The predicted octanol–water partition coefficient (Wildman–Crippen LogP) is 2.56. The Kier molecular flexibility index (Phi) is 2.32. The van der Waals surface area contributed by atoms with Crippen molar-refractivity contribution in [2.24, 2.45) is 11.3 Å². The quantitative estimate of drug-likeness (QED) is 0.799. The molecule has 2 fully saturated rings. The van der Waals surface area contributed by atoms with E-state index in [4.69, 9.17) is 0 Å². The summed E-state index contributed by atoms with van der Waals surface area (Å²) in [6, 6.07) is 0.426. The first-order chi connectivity index (χ1) is 7.71. The van der Waals surface area contributed by atoms with E-state index in [1.807, 2.05) is 6.20 Å². The largest absolute Gasteiger partial charge is 0.310 e. The summed E-state index contributed by atoms with van der Waals surface area (Å²) in [7, 11) is 0. The second-order valence-corrected chi connectivity index (χ2v) is 5.69. The van der Waals surface area contributed by atoms with Crippen LogP contribution in [0.15, 0.2) is 6.20 Å². The summed E-state index contributed by atoms with van der Waals surface area (Å²) in [6.07, 6.45) is 7.79. The van der Waals surface area contributed by atoms with E-state index < -0.39 is 0 Å². The first-order valence-corrected chi connectivity index (χ1v) is 6.44. The van der Waals surface area contributed by atoms with Crippen LogP contribution < -0.4 is 5.32 Å². The molecule has 88 valence electrons. The second kappa shape index (κ2) is 3.59. The van der Waals surface area contributed by atoms with Gasteiger partial charge in [0, 0.05) is 23.8 Å². The third kappa shape index (κ3) is 1.77. The van der Waals surface area contributed by atoms with Crippen LogP contribution >= 0.6 is 0 Å². The van der Waals surface area contributed by atoms with Gasteiger partial charge in [0.15, 0.2) is 0 Å². The zero-order chi connectivity index (χ0) is 11.2. The predicted molar refractivity (Wildman–Crippen MR) is 64.1 cm³/mol. The highest BCUT2D eigenvalue weighted by Gasteiger charge is 2.53. The van der Waals surface area contributed by atoms with E-state index in [2.05, 4.69) is 29.4 Å². The van der Waals surface area contributed by atoms with Crippen molar-refractivity contribution in [2.45, 2.75) is 45.6 Å². The smallest absolute Gasteiger partial charge is 0.0537 e. The fourth-order valence-electron chi connectivity index (χ4n) is 2.85. The van der Waals surface area contributed by atoms with Crippen LogP contribution in [0, 0.1) is 18.3 Å². The Hall–Kier alpha value is -0.830. The van der Waals surface area contributed by atoms with Crippen LogP contribution in [0.3, 0.4) is 0 Å². The highest BCUT2D eigenvalue weighted by molar-refractivity contribution is 5.18. The van der Waals surface area contributed by atoms with E-state index in [1.54, 1.807) is 0 Å². The molecule has 3 rings (SSSR count). The van der Waals surface area contributed by atoms with Crippen LogP contribution in [0.5, 0.6) is 0 Å². The van der Waals surface area contributed by atoms with Crippen molar-refractivity contribution in [1.29, 1.82) is 0 Å². The molecular formula is C13H21N3. The van der Waals surface area contributed by atoms with E-state index in [1.165, 1.54) is 43.5 Å². The minimum Gasteiger partial charge on any atom is -0.310 e. The topological polar surface area (TPSA) is 40.7 Å². The molecule has 3 heteroatoms. The molecule has 2 aliphatic carbocycles. The zero-order valence-corrected chi connectivity index (χ0v) is 10.2. The monoisotopic (exact) mass is 219 g/mol. The molecule has 0 amide bonds. The molecule has 1 heterocycles. The van der Waals surface area contributed by atoms with Gasteiger partial charge in [0.05, 0.1) is 6.20 Å². The van der Waals surface area contributed by atoms with E-state index >= 15 is 0 Å². The summed E-state index contributed by atoms with van der Waals surface area (Å²) >= 11 is 0. The van der Waals surface area contributed by atoms with E-state index in [0.717, 1.165) is 5.92 Å². The summed E-state index contributed by atoms with van der Waals surface area (Å²) in [5, 5.41) is 10.8. The second-order valence-electron chi connectivity index (χ2n) is 5.69. The van der Waals surface area contributed by atoms with E-state index in [9.17, 15) is 0 Å². The van der Waals surface area contributed by atoms with Gasteiger partial charge in [-0.3, -0.25) is 5.10 Å². The molecule has 1 unspecified atom stereocenters. The fourth-order valence-corrected chi connectivity index (χ4v) is 2.85. The minimum atomic E-state index is 0.426. The molecule has 0 aliphatic heterocycles. The van der Waals surface area contributed by atoms with Crippen molar-refractivity contribution in [1.82, 2.24) is 15.5 Å². The molecule has 0 aromatic carbocycles. The number of nitrogens with one attached hydrogen (secondary N) is 2. The van der Waals surface area contributed by atoms with Crippen molar-refractivity contribution < 1.29 is 0 Å². The van der Waals surface area contributed by atoms with Crippen molar-refractivity contribution >= 4 is 0 Å². The van der Waals surface area contributed by atoms with Gasteiger partial charge in [0.25, 0.3) is 0 Å². The fraction of sp³-hybridized carbons (Fsp3) is 0.769. The van der Waals surface area contributed by atoms with Gasteiger partial charge in [-0.15, -0.1) is 0 Å². The molecule has 2 aliphatic rings. The molecule has 2 saturated carbocycles. The Morgan fingerprint density at radius 1 is 1.56 bits per heavy atom. The highest BCUT2D eigenvalue weighted by atomic mass is 15.1. The number of nitrogens with zero attached hydrogens (tertiary/aromatic N) is 1. The molecule has 1 atom stereocenters. The number of aromatic nitrogens is 2. The maximum atomic E-state index is 4.09. The molecule has 2 N–H and O–H groups in total. The SMILES string of the molecule is Cc1[nH]ncc1C(C)NCC1(C2CC2)CC1. The Morgan fingerprint density at radius 3 is 2.81 bits per heavy atom. The number of H-pyrrole nitrogens is 1. The number of hydrogen-bond donors (Lipinski definition) is 2. The molecule has 16 heavy (non-hydrogen) atoms. The van der Waals surface area contributed by atoms with Gasteiger partial charge < -0.3 is 5.32 Å². The standard InChI is InChI=1S/C13H21N3/c1-9(12-7-15-16-10(12)2)14-8-13(5-6-13)11-3-4-11/h7,9,11,14H,3-6,8H2,1-2H3,(H,15,16). The number of hydrogen-bond acceptors (Lipinski definition) is 2. The molecule has 3 nitrogen and oxygen atoms in total. The zero-order valence-electron chi connectivity index (χ0n) is 10.2.